The molecule has 0 bridgehead atoms. The third kappa shape index (κ3) is 3.48. The van der Waals surface area contributed by atoms with E-state index in [2.05, 4.69) is 17.2 Å². The van der Waals surface area contributed by atoms with Crippen LogP contribution in [0, 0.1) is 18.8 Å². The van der Waals surface area contributed by atoms with Crippen molar-refractivity contribution >= 4 is 28.6 Å². The van der Waals surface area contributed by atoms with E-state index in [0.29, 0.717) is 4.88 Å². The van der Waals surface area contributed by atoms with Gasteiger partial charge in [-0.3, -0.25) is 4.79 Å². The first-order valence-corrected chi connectivity index (χ1v) is 7.91. The highest BCUT2D eigenvalue weighted by Crippen LogP contribution is 2.22. The Morgan fingerprint density at radius 1 is 1.55 bits per heavy atom. The van der Waals surface area contributed by atoms with Crippen LogP contribution in [0.3, 0.4) is 0 Å². The van der Waals surface area contributed by atoms with Crippen molar-refractivity contribution in [1.82, 2.24) is 5.32 Å². The smallest absolute Gasteiger partial charge is 0.261 e. The highest BCUT2D eigenvalue weighted by molar-refractivity contribution is 7.14. The summed E-state index contributed by atoms with van der Waals surface area (Å²) in [5.41, 5.74) is 2.07. The minimum absolute atomic E-state index is 0.0110. The van der Waals surface area contributed by atoms with E-state index in [-0.39, 0.29) is 18.6 Å². The Bertz CT molecular complexity index is 647. The molecule has 1 atom stereocenters. The lowest BCUT2D eigenvalue weighted by molar-refractivity contribution is 0.0944. The number of nitrogens with one attached hydrogen (secondary N) is 1. The zero-order chi connectivity index (χ0) is 14.5. The SMILES string of the molecule is Cc1cc(C(=O)NC(C)c2ccsc2)sc1C#CCO. The number of hydrogen-bond acceptors (Lipinski definition) is 4. The summed E-state index contributed by atoms with van der Waals surface area (Å²) in [5, 5.41) is 15.7. The second-order valence-electron chi connectivity index (χ2n) is 4.33. The molecule has 2 aromatic heterocycles. The molecule has 1 unspecified atom stereocenters. The van der Waals surface area contributed by atoms with Gasteiger partial charge in [-0.25, -0.2) is 0 Å². The van der Waals surface area contributed by atoms with Crippen LogP contribution >= 0.6 is 22.7 Å². The third-order valence-corrected chi connectivity index (χ3v) is 4.67. The summed E-state index contributed by atoms with van der Waals surface area (Å²) in [7, 11) is 0. The maximum Gasteiger partial charge on any atom is 0.261 e. The van der Waals surface area contributed by atoms with Gasteiger partial charge in [0.15, 0.2) is 0 Å². The van der Waals surface area contributed by atoms with E-state index in [1.807, 2.05) is 36.7 Å². The van der Waals surface area contributed by atoms with E-state index in [4.69, 9.17) is 5.11 Å². The molecule has 0 aliphatic carbocycles. The van der Waals surface area contributed by atoms with Crippen molar-refractivity contribution in [2.24, 2.45) is 0 Å². The molecule has 0 saturated heterocycles. The molecule has 20 heavy (non-hydrogen) atoms. The van der Waals surface area contributed by atoms with Crippen molar-refractivity contribution in [2.75, 3.05) is 6.61 Å². The molecule has 0 aliphatic heterocycles. The average molecular weight is 305 g/mol. The second kappa shape index (κ2) is 6.71. The average Bonchev–Trinajstić information content (AvgIpc) is 3.06. The maximum atomic E-state index is 12.2. The first-order chi connectivity index (χ1) is 9.61. The molecule has 0 fully saturated rings. The van der Waals surface area contributed by atoms with Crippen LogP contribution in [0.1, 0.15) is 38.6 Å². The Morgan fingerprint density at radius 2 is 2.35 bits per heavy atom. The van der Waals surface area contributed by atoms with Crippen LogP contribution in [0.5, 0.6) is 0 Å². The van der Waals surface area contributed by atoms with Crippen molar-refractivity contribution in [1.29, 1.82) is 0 Å². The van der Waals surface area contributed by atoms with Gasteiger partial charge in [-0.1, -0.05) is 11.8 Å². The number of amides is 1. The molecule has 2 heterocycles. The van der Waals surface area contributed by atoms with Crippen molar-refractivity contribution in [3.05, 3.63) is 43.8 Å². The first kappa shape index (κ1) is 14.8. The molecule has 0 spiro atoms. The lowest BCUT2D eigenvalue weighted by Crippen LogP contribution is -2.25. The van der Waals surface area contributed by atoms with Gasteiger partial charge in [0.2, 0.25) is 0 Å². The predicted octanol–water partition coefficient (Wildman–Crippen LogP) is 2.95. The molecule has 5 heteroatoms. The first-order valence-electron chi connectivity index (χ1n) is 6.15. The summed E-state index contributed by atoms with van der Waals surface area (Å²) in [5.74, 6) is 5.38. The topological polar surface area (TPSA) is 49.3 Å². The fourth-order valence-electron chi connectivity index (χ4n) is 1.71. The fourth-order valence-corrected chi connectivity index (χ4v) is 3.41. The number of rotatable bonds is 3. The third-order valence-electron chi connectivity index (χ3n) is 2.81. The van der Waals surface area contributed by atoms with Gasteiger partial charge in [-0.2, -0.15) is 11.3 Å². The van der Waals surface area contributed by atoms with Gasteiger partial charge in [-0.15, -0.1) is 11.3 Å². The molecule has 2 N–H and O–H groups in total. The Kier molecular flexibility index (Phi) is 4.96. The molecule has 2 aromatic rings. The van der Waals surface area contributed by atoms with E-state index >= 15 is 0 Å². The number of carbonyl (C=O) groups excluding carboxylic acids is 1. The van der Waals surface area contributed by atoms with E-state index in [9.17, 15) is 4.79 Å². The highest BCUT2D eigenvalue weighted by Gasteiger charge is 2.15. The van der Waals surface area contributed by atoms with Gasteiger partial charge < -0.3 is 10.4 Å². The van der Waals surface area contributed by atoms with Gasteiger partial charge in [0.05, 0.1) is 15.8 Å². The maximum absolute atomic E-state index is 12.2. The molecule has 0 radical (unpaired) electrons. The van der Waals surface area contributed by atoms with Gasteiger partial charge in [0, 0.05) is 0 Å². The number of hydrogen-bond donors (Lipinski definition) is 2. The molecule has 2 rings (SSSR count). The van der Waals surface area contributed by atoms with E-state index in [0.717, 1.165) is 16.0 Å². The Hall–Kier alpha value is -1.61. The lowest BCUT2D eigenvalue weighted by atomic mass is 10.2. The number of carbonyl (C=O) groups is 1. The Balaban J connectivity index is 2.10. The van der Waals surface area contributed by atoms with Gasteiger partial charge in [-0.05, 0) is 47.9 Å². The van der Waals surface area contributed by atoms with Crippen molar-refractivity contribution < 1.29 is 9.90 Å². The Labute approximate surface area is 126 Å². The van der Waals surface area contributed by atoms with Gasteiger partial charge >= 0.3 is 0 Å². The molecule has 1 amide bonds. The molecule has 104 valence electrons. The van der Waals surface area contributed by atoms with Crippen LogP contribution < -0.4 is 5.32 Å². The minimum atomic E-state index is -0.173. The highest BCUT2D eigenvalue weighted by atomic mass is 32.1. The summed E-state index contributed by atoms with van der Waals surface area (Å²) in [6.07, 6.45) is 0. The van der Waals surface area contributed by atoms with Crippen LogP contribution in [-0.4, -0.2) is 17.6 Å². The fraction of sp³-hybridized carbons (Fsp3) is 0.267. The number of thiophene rings is 2. The van der Waals surface area contributed by atoms with E-state index in [1.165, 1.54) is 11.3 Å². The molecule has 3 nitrogen and oxygen atoms in total. The zero-order valence-corrected chi connectivity index (χ0v) is 12.9. The number of aliphatic hydroxyl groups is 1. The van der Waals surface area contributed by atoms with Crippen LogP contribution in [0.4, 0.5) is 0 Å². The summed E-state index contributed by atoms with van der Waals surface area (Å²) < 4.78 is 0. The van der Waals surface area contributed by atoms with E-state index in [1.54, 1.807) is 11.3 Å². The zero-order valence-electron chi connectivity index (χ0n) is 11.3. The minimum Gasteiger partial charge on any atom is -0.384 e. The summed E-state index contributed by atoms with van der Waals surface area (Å²) in [6, 6.07) is 3.83. The van der Waals surface area contributed by atoms with Crippen molar-refractivity contribution in [3.63, 3.8) is 0 Å². The molecule has 0 saturated carbocycles. The predicted molar refractivity (Wildman–Crippen MR) is 83.2 cm³/mol. The second-order valence-corrected chi connectivity index (χ2v) is 6.17. The van der Waals surface area contributed by atoms with Gasteiger partial charge in [0.1, 0.15) is 6.61 Å². The molecular formula is C15H15NO2S2. The summed E-state index contributed by atoms with van der Waals surface area (Å²) in [6.45, 7) is 3.71. The van der Waals surface area contributed by atoms with Gasteiger partial charge in [0.25, 0.3) is 5.91 Å². The van der Waals surface area contributed by atoms with Crippen molar-refractivity contribution in [3.8, 4) is 11.8 Å². The van der Waals surface area contributed by atoms with E-state index < -0.39 is 0 Å². The quantitative estimate of drug-likeness (QED) is 0.857. The molecular weight excluding hydrogens is 290 g/mol. The van der Waals surface area contributed by atoms with Crippen LogP contribution in [0.15, 0.2) is 22.9 Å². The monoisotopic (exact) mass is 305 g/mol. The summed E-state index contributed by atoms with van der Waals surface area (Å²) in [4.78, 5) is 13.7. The summed E-state index contributed by atoms with van der Waals surface area (Å²) >= 11 is 2.97. The lowest BCUT2D eigenvalue weighted by Gasteiger charge is -2.11. The molecule has 0 aromatic carbocycles. The van der Waals surface area contributed by atoms with Crippen molar-refractivity contribution in [2.45, 2.75) is 19.9 Å². The van der Waals surface area contributed by atoms with Crippen LogP contribution in [0.2, 0.25) is 0 Å². The van der Waals surface area contributed by atoms with Crippen LogP contribution in [-0.2, 0) is 0 Å². The normalized spacial score (nSPS) is 11.6. The number of aliphatic hydroxyl groups excluding tert-OH is 1. The largest absolute Gasteiger partial charge is 0.384 e. The molecule has 0 aliphatic rings. The van der Waals surface area contributed by atoms with Crippen LogP contribution in [0.25, 0.3) is 0 Å². The standard InChI is InChI=1S/C15H15NO2S2/c1-10-8-14(20-13(10)4-3-6-17)15(18)16-11(2)12-5-7-19-9-12/h5,7-9,11,17H,6H2,1-2H3,(H,16,18). The Morgan fingerprint density at radius 3 is 3.00 bits per heavy atom. The number of aryl methyl sites for hydroxylation is 1.